The summed E-state index contributed by atoms with van der Waals surface area (Å²) in [5, 5.41) is 22.4. The molecule has 0 saturated carbocycles. The SMILES string of the molecule is CN1C(=S)N[C@@H](c2ccccn2)[C@@H]1c1ccc(-c2cc(C(=O)O)cc(C(=O)O)c2)o1. The minimum absolute atomic E-state index is 0.130. The Bertz CT molecular complexity index is 1110. The lowest BCUT2D eigenvalue weighted by Crippen LogP contribution is -2.24. The molecule has 3 N–H and O–H groups in total. The van der Waals surface area contributed by atoms with E-state index in [1.165, 1.54) is 12.1 Å². The van der Waals surface area contributed by atoms with Crippen LogP contribution in [0, 0.1) is 0 Å². The van der Waals surface area contributed by atoms with Crippen molar-refractivity contribution in [3.05, 3.63) is 77.3 Å². The van der Waals surface area contributed by atoms with E-state index in [1.54, 1.807) is 18.3 Å². The average Bonchev–Trinajstić information content (AvgIpc) is 3.33. The Morgan fingerprint density at radius 1 is 1.10 bits per heavy atom. The van der Waals surface area contributed by atoms with Crippen molar-refractivity contribution in [3.63, 3.8) is 0 Å². The molecule has 1 fully saturated rings. The molecule has 1 aliphatic heterocycles. The highest BCUT2D eigenvalue weighted by Gasteiger charge is 2.39. The first-order valence-corrected chi connectivity index (χ1v) is 9.42. The van der Waals surface area contributed by atoms with Crippen LogP contribution in [-0.2, 0) is 0 Å². The highest BCUT2D eigenvalue weighted by Crippen LogP contribution is 2.39. The Morgan fingerprint density at radius 3 is 2.40 bits per heavy atom. The maximum atomic E-state index is 11.4. The number of pyridine rings is 1. The highest BCUT2D eigenvalue weighted by atomic mass is 32.1. The van der Waals surface area contributed by atoms with Crippen LogP contribution in [0.3, 0.4) is 0 Å². The van der Waals surface area contributed by atoms with Gasteiger partial charge in [-0.2, -0.15) is 0 Å². The standard InChI is InChI=1S/C21H17N3O5S/c1-24-18(17(23-21(24)30)14-4-2-3-7-22-14)16-6-5-15(29-16)11-8-12(19(25)26)10-13(9-11)20(27)28/h2-10,17-18H,1H3,(H,23,30)(H,25,26)(H,27,28)/t17-,18-/m0/s1. The molecule has 30 heavy (non-hydrogen) atoms. The van der Waals surface area contributed by atoms with Gasteiger partial charge in [0.05, 0.1) is 22.9 Å². The number of hydrogen-bond donors (Lipinski definition) is 3. The van der Waals surface area contributed by atoms with Gasteiger partial charge in [0.1, 0.15) is 17.6 Å². The van der Waals surface area contributed by atoms with E-state index in [0.717, 1.165) is 11.8 Å². The van der Waals surface area contributed by atoms with Crippen LogP contribution in [-0.4, -0.2) is 44.2 Å². The minimum atomic E-state index is -1.22. The lowest BCUT2D eigenvalue weighted by molar-refractivity contribution is 0.0696. The molecular formula is C21H17N3O5S. The molecule has 3 heterocycles. The fourth-order valence-electron chi connectivity index (χ4n) is 3.50. The number of carboxylic acids is 2. The van der Waals surface area contributed by atoms with Gasteiger partial charge >= 0.3 is 11.9 Å². The zero-order valence-corrected chi connectivity index (χ0v) is 16.6. The average molecular weight is 423 g/mol. The normalized spacial score (nSPS) is 18.3. The minimum Gasteiger partial charge on any atom is -0.478 e. The van der Waals surface area contributed by atoms with Crippen LogP contribution in [0.2, 0.25) is 0 Å². The number of nitrogens with one attached hydrogen (secondary N) is 1. The molecule has 8 nitrogen and oxygen atoms in total. The first kappa shape index (κ1) is 19.6. The summed E-state index contributed by atoms with van der Waals surface area (Å²) in [4.78, 5) is 29.1. The Labute approximate surface area is 176 Å². The number of aromatic carboxylic acids is 2. The van der Waals surface area contributed by atoms with E-state index < -0.39 is 11.9 Å². The smallest absolute Gasteiger partial charge is 0.335 e. The molecule has 3 aromatic rings. The second-order valence-corrected chi connectivity index (χ2v) is 7.24. The number of thiocarbonyl (C=S) groups is 1. The Balaban J connectivity index is 1.74. The Kier molecular flexibility index (Phi) is 4.96. The van der Waals surface area contributed by atoms with E-state index in [0.29, 0.717) is 22.2 Å². The maximum absolute atomic E-state index is 11.4. The topological polar surface area (TPSA) is 116 Å². The lowest BCUT2D eigenvalue weighted by Gasteiger charge is -2.21. The molecule has 0 bridgehead atoms. The van der Waals surface area contributed by atoms with Crippen LogP contribution in [0.1, 0.15) is 44.3 Å². The summed E-state index contributed by atoms with van der Waals surface area (Å²) >= 11 is 5.40. The monoisotopic (exact) mass is 423 g/mol. The van der Waals surface area contributed by atoms with Crippen molar-refractivity contribution in [2.45, 2.75) is 12.1 Å². The molecule has 0 unspecified atom stereocenters. The predicted molar refractivity (Wildman–Crippen MR) is 111 cm³/mol. The summed E-state index contributed by atoms with van der Waals surface area (Å²) in [6, 6.07) is 12.4. The van der Waals surface area contributed by atoms with E-state index >= 15 is 0 Å². The third kappa shape index (κ3) is 3.50. The number of hydrogen-bond acceptors (Lipinski definition) is 5. The van der Waals surface area contributed by atoms with Crippen molar-refractivity contribution in [1.29, 1.82) is 0 Å². The van der Waals surface area contributed by atoms with Crippen molar-refractivity contribution < 1.29 is 24.2 Å². The molecule has 0 spiro atoms. The zero-order valence-electron chi connectivity index (χ0n) is 15.8. The lowest BCUT2D eigenvalue weighted by atomic mass is 10.0. The predicted octanol–water partition coefficient (Wildman–Crippen LogP) is 3.34. The van der Waals surface area contributed by atoms with E-state index in [9.17, 15) is 19.8 Å². The van der Waals surface area contributed by atoms with Gasteiger partial charge in [-0.25, -0.2) is 9.59 Å². The molecule has 0 aliphatic carbocycles. The van der Waals surface area contributed by atoms with Gasteiger partial charge in [0.2, 0.25) is 0 Å². The molecular weight excluding hydrogens is 406 g/mol. The van der Waals surface area contributed by atoms with Crippen LogP contribution in [0.15, 0.2) is 59.1 Å². The fraction of sp³-hybridized carbons (Fsp3) is 0.143. The number of aromatic nitrogens is 1. The van der Waals surface area contributed by atoms with E-state index in [-0.39, 0.29) is 23.2 Å². The van der Waals surface area contributed by atoms with E-state index in [4.69, 9.17) is 16.6 Å². The molecule has 1 aromatic carbocycles. The third-order valence-electron chi connectivity index (χ3n) is 4.97. The summed E-state index contributed by atoms with van der Waals surface area (Å²) in [7, 11) is 1.85. The Morgan fingerprint density at radius 2 is 1.80 bits per heavy atom. The molecule has 2 atom stereocenters. The van der Waals surface area contributed by atoms with Crippen molar-refractivity contribution in [2.75, 3.05) is 7.05 Å². The number of nitrogens with zero attached hydrogens (tertiary/aromatic N) is 2. The third-order valence-corrected chi connectivity index (χ3v) is 5.37. The van der Waals surface area contributed by atoms with Gasteiger partial charge in [-0.15, -0.1) is 0 Å². The van der Waals surface area contributed by atoms with Crippen LogP contribution < -0.4 is 5.32 Å². The van der Waals surface area contributed by atoms with Gasteiger partial charge in [-0.1, -0.05) is 6.07 Å². The van der Waals surface area contributed by atoms with Gasteiger partial charge in [0, 0.05) is 18.8 Å². The van der Waals surface area contributed by atoms with Crippen LogP contribution in [0.5, 0.6) is 0 Å². The number of carboxylic acid groups (broad SMARTS) is 2. The molecule has 152 valence electrons. The molecule has 9 heteroatoms. The summed E-state index contributed by atoms with van der Waals surface area (Å²) < 4.78 is 6.04. The number of furan rings is 1. The molecule has 4 rings (SSSR count). The highest BCUT2D eigenvalue weighted by molar-refractivity contribution is 7.80. The Hall–Kier alpha value is -3.72. The van der Waals surface area contributed by atoms with E-state index in [2.05, 4.69) is 10.3 Å². The first-order chi connectivity index (χ1) is 14.3. The second-order valence-electron chi connectivity index (χ2n) is 6.85. The van der Waals surface area contributed by atoms with Gasteiger partial charge < -0.3 is 24.8 Å². The van der Waals surface area contributed by atoms with Crippen molar-refractivity contribution >= 4 is 29.3 Å². The zero-order chi connectivity index (χ0) is 21.4. The van der Waals surface area contributed by atoms with Crippen molar-refractivity contribution in [2.24, 2.45) is 0 Å². The van der Waals surface area contributed by atoms with Crippen LogP contribution >= 0.6 is 12.2 Å². The van der Waals surface area contributed by atoms with Gasteiger partial charge in [0.25, 0.3) is 0 Å². The van der Waals surface area contributed by atoms with Crippen LogP contribution in [0.25, 0.3) is 11.3 Å². The second kappa shape index (κ2) is 7.60. The van der Waals surface area contributed by atoms with Gasteiger partial charge in [-0.05, 0) is 54.7 Å². The van der Waals surface area contributed by atoms with Crippen LogP contribution in [0.4, 0.5) is 0 Å². The quantitative estimate of drug-likeness (QED) is 0.531. The first-order valence-electron chi connectivity index (χ1n) is 9.01. The maximum Gasteiger partial charge on any atom is 0.335 e. The molecule has 1 aliphatic rings. The van der Waals surface area contributed by atoms with Crippen molar-refractivity contribution in [3.8, 4) is 11.3 Å². The summed E-state index contributed by atoms with van der Waals surface area (Å²) in [5.41, 5.74) is 0.905. The van der Waals surface area contributed by atoms with E-state index in [1.807, 2.05) is 30.1 Å². The van der Waals surface area contributed by atoms with Gasteiger partial charge in [-0.3, -0.25) is 4.98 Å². The number of rotatable bonds is 5. The molecule has 1 saturated heterocycles. The largest absolute Gasteiger partial charge is 0.478 e. The molecule has 0 amide bonds. The summed E-state index contributed by atoms with van der Waals surface area (Å²) in [6.45, 7) is 0. The van der Waals surface area contributed by atoms with Crippen molar-refractivity contribution in [1.82, 2.24) is 15.2 Å². The number of carbonyl (C=O) groups is 2. The summed E-state index contributed by atoms with van der Waals surface area (Å²) in [6.07, 6.45) is 1.70. The molecule has 2 aromatic heterocycles. The van der Waals surface area contributed by atoms with Gasteiger partial charge in [0.15, 0.2) is 5.11 Å². The summed E-state index contributed by atoms with van der Waals surface area (Å²) in [5.74, 6) is -1.48. The molecule has 0 radical (unpaired) electrons. The number of benzene rings is 1. The fourth-order valence-corrected chi connectivity index (χ4v) is 3.74. The number of likely N-dealkylation sites (N-methyl/N-ethyl adjacent to an activating group) is 1.